The van der Waals surface area contributed by atoms with Gasteiger partial charge in [0.2, 0.25) is 0 Å². The molecule has 2 nitrogen and oxygen atoms in total. The monoisotopic (exact) mass is 300 g/mol. The Bertz CT molecular complexity index is 593. The third kappa shape index (κ3) is 1.32. The van der Waals surface area contributed by atoms with E-state index >= 15 is 0 Å². The predicted molar refractivity (Wildman–Crippen MR) is 85.1 cm³/mol. The summed E-state index contributed by atoms with van der Waals surface area (Å²) < 4.78 is 0. The van der Waals surface area contributed by atoms with E-state index in [9.17, 15) is 9.90 Å². The predicted octanol–water partition coefficient (Wildman–Crippen LogP) is 3.88. The third-order valence-corrected chi connectivity index (χ3v) is 8.95. The maximum atomic E-state index is 11.8. The fraction of sp³-hybridized carbons (Fsp3) is 0.850. The Balaban J connectivity index is 1.55. The van der Waals surface area contributed by atoms with Crippen molar-refractivity contribution in [1.29, 1.82) is 0 Å². The van der Waals surface area contributed by atoms with Crippen LogP contribution in [0, 0.1) is 34.0 Å². The van der Waals surface area contributed by atoms with Crippen LogP contribution in [-0.2, 0) is 4.79 Å². The van der Waals surface area contributed by atoms with E-state index in [2.05, 4.69) is 13.8 Å². The lowest BCUT2D eigenvalue weighted by Crippen LogP contribution is -2.51. The molecular weight excluding hydrogens is 272 g/mol. The molecule has 2 heteroatoms. The second-order valence-corrected chi connectivity index (χ2v) is 9.52. The minimum absolute atomic E-state index is 0.0860. The van der Waals surface area contributed by atoms with Gasteiger partial charge in [-0.1, -0.05) is 19.4 Å². The van der Waals surface area contributed by atoms with Crippen LogP contribution in [0.1, 0.15) is 65.2 Å². The summed E-state index contributed by atoms with van der Waals surface area (Å²) in [6.07, 6.45) is 11.0. The van der Waals surface area contributed by atoms with Crippen LogP contribution in [0.4, 0.5) is 0 Å². The molecule has 4 saturated carbocycles. The average molecular weight is 300 g/mol. The normalized spacial score (nSPS) is 59.0. The summed E-state index contributed by atoms with van der Waals surface area (Å²) in [4.78, 5) is 11.8. The van der Waals surface area contributed by atoms with Crippen molar-refractivity contribution in [3.8, 4) is 0 Å². The number of rotatable bonds is 0. The van der Waals surface area contributed by atoms with Crippen molar-refractivity contribution in [2.45, 2.75) is 71.3 Å². The summed E-state index contributed by atoms with van der Waals surface area (Å²) >= 11 is 0. The number of aliphatic hydroxyl groups is 1. The maximum Gasteiger partial charge on any atom is 0.155 e. The highest BCUT2D eigenvalue weighted by Gasteiger charge is 2.82. The number of carbonyl (C=O) groups is 1. The first-order valence-corrected chi connectivity index (χ1v) is 9.33. The van der Waals surface area contributed by atoms with Gasteiger partial charge >= 0.3 is 0 Å². The van der Waals surface area contributed by atoms with Gasteiger partial charge in [-0.25, -0.2) is 0 Å². The van der Waals surface area contributed by atoms with Crippen molar-refractivity contribution in [3.05, 3.63) is 11.6 Å². The molecule has 5 aliphatic rings. The lowest BCUT2D eigenvalue weighted by atomic mass is 9.49. The number of aliphatic hydroxyl groups excluding tert-OH is 1. The second kappa shape index (κ2) is 3.88. The molecule has 120 valence electrons. The lowest BCUT2D eigenvalue weighted by molar-refractivity contribution is -0.116. The largest absolute Gasteiger partial charge is 0.393 e. The van der Waals surface area contributed by atoms with E-state index in [1.54, 1.807) is 0 Å². The summed E-state index contributed by atoms with van der Waals surface area (Å²) in [5.41, 5.74) is 2.44. The number of carbonyl (C=O) groups excluding carboxylic acids is 1. The first-order valence-electron chi connectivity index (χ1n) is 9.33. The zero-order valence-corrected chi connectivity index (χ0v) is 13.9. The molecule has 0 aromatic carbocycles. The highest BCUT2D eigenvalue weighted by molar-refractivity contribution is 5.91. The van der Waals surface area contributed by atoms with Crippen molar-refractivity contribution in [3.63, 3.8) is 0 Å². The van der Waals surface area contributed by atoms with E-state index < -0.39 is 0 Å². The fourth-order valence-corrected chi connectivity index (χ4v) is 7.97. The first-order chi connectivity index (χ1) is 10.4. The number of ketones is 1. The molecule has 1 N–H and O–H groups in total. The van der Waals surface area contributed by atoms with Crippen molar-refractivity contribution in [2.24, 2.45) is 34.0 Å². The molecule has 22 heavy (non-hydrogen) atoms. The quantitative estimate of drug-likeness (QED) is 0.737. The molecule has 0 aromatic rings. The lowest BCUT2D eigenvalue weighted by Gasteiger charge is -2.56. The second-order valence-electron chi connectivity index (χ2n) is 9.52. The molecule has 0 bridgehead atoms. The van der Waals surface area contributed by atoms with Gasteiger partial charge in [-0.2, -0.15) is 0 Å². The third-order valence-electron chi connectivity index (χ3n) is 8.95. The number of hydrogen-bond donors (Lipinski definition) is 1. The minimum atomic E-state index is -0.0860. The molecule has 5 rings (SSSR count). The molecule has 0 saturated heterocycles. The van der Waals surface area contributed by atoms with Crippen LogP contribution in [-0.4, -0.2) is 17.0 Å². The molecule has 0 radical (unpaired) electrons. The van der Waals surface area contributed by atoms with Crippen LogP contribution < -0.4 is 0 Å². The standard InChI is InChI=1S/C20H28O2/c1-18-10-17(22)19(2)8-7-15-14-5-4-13(21)9-12(14)3-6-16(15)20(18,19)11-18/h9,14-17,22H,3-8,10-11H2,1-2H3/t14-,15+,16+,17-,18-,19+,20-/m0/s1. The first kappa shape index (κ1) is 13.8. The Hall–Kier alpha value is -0.630. The van der Waals surface area contributed by atoms with Crippen molar-refractivity contribution in [2.75, 3.05) is 0 Å². The molecule has 0 aliphatic heterocycles. The number of fused-ring (bicyclic) bond motifs is 3. The van der Waals surface area contributed by atoms with Gasteiger partial charge < -0.3 is 5.11 Å². The van der Waals surface area contributed by atoms with Crippen molar-refractivity contribution < 1.29 is 9.90 Å². The zero-order valence-electron chi connectivity index (χ0n) is 13.9. The Morgan fingerprint density at radius 1 is 1.18 bits per heavy atom. The van der Waals surface area contributed by atoms with Crippen LogP contribution in [0.15, 0.2) is 11.6 Å². The summed E-state index contributed by atoms with van der Waals surface area (Å²) in [6, 6.07) is 0. The van der Waals surface area contributed by atoms with Crippen LogP contribution >= 0.6 is 0 Å². The maximum absolute atomic E-state index is 11.8. The van der Waals surface area contributed by atoms with Gasteiger partial charge in [0, 0.05) is 6.42 Å². The van der Waals surface area contributed by atoms with Crippen LogP contribution in [0.2, 0.25) is 0 Å². The summed E-state index contributed by atoms with van der Waals surface area (Å²) in [6.45, 7) is 4.83. The topological polar surface area (TPSA) is 37.3 Å². The van der Waals surface area contributed by atoms with Gasteiger partial charge in [0.1, 0.15) is 0 Å². The average Bonchev–Trinajstić information content (AvgIpc) is 3.03. The Morgan fingerprint density at radius 3 is 2.82 bits per heavy atom. The van der Waals surface area contributed by atoms with Crippen LogP contribution in [0.5, 0.6) is 0 Å². The summed E-state index contributed by atoms with van der Waals surface area (Å²) in [7, 11) is 0. The highest BCUT2D eigenvalue weighted by atomic mass is 16.3. The van der Waals surface area contributed by atoms with E-state index in [4.69, 9.17) is 0 Å². The van der Waals surface area contributed by atoms with E-state index in [0.717, 1.165) is 37.5 Å². The fourth-order valence-electron chi connectivity index (χ4n) is 7.97. The Labute approximate surface area is 133 Å². The van der Waals surface area contributed by atoms with Gasteiger partial charge in [-0.05, 0) is 85.0 Å². The van der Waals surface area contributed by atoms with E-state index in [1.807, 2.05) is 6.08 Å². The van der Waals surface area contributed by atoms with Crippen molar-refractivity contribution >= 4 is 5.78 Å². The summed E-state index contributed by atoms with van der Waals surface area (Å²) in [5.74, 6) is 2.62. The zero-order chi connectivity index (χ0) is 15.3. The van der Waals surface area contributed by atoms with E-state index in [1.165, 1.54) is 31.3 Å². The molecule has 0 heterocycles. The van der Waals surface area contributed by atoms with Gasteiger partial charge in [-0.3, -0.25) is 4.79 Å². The molecule has 5 aliphatic carbocycles. The molecule has 1 spiro atoms. The van der Waals surface area contributed by atoms with Gasteiger partial charge in [0.05, 0.1) is 6.10 Å². The minimum Gasteiger partial charge on any atom is -0.393 e. The smallest absolute Gasteiger partial charge is 0.155 e. The SMILES string of the molecule is C[C@@]12C[C@H](O)[C@@]3(C)CC[C@H]4[C@@H](CCC5=CC(=O)CC[C@@H]54)[C@@]13C2. The number of hydrogen-bond acceptors (Lipinski definition) is 2. The van der Waals surface area contributed by atoms with Crippen LogP contribution in [0.25, 0.3) is 0 Å². The highest BCUT2D eigenvalue weighted by Crippen LogP contribution is 2.87. The van der Waals surface area contributed by atoms with Crippen LogP contribution in [0.3, 0.4) is 0 Å². The molecule has 0 unspecified atom stereocenters. The van der Waals surface area contributed by atoms with Gasteiger partial charge in [0.25, 0.3) is 0 Å². The Morgan fingerprint density at radius 2 is 2.00 bits per heavy atom. The molecule has 7 atom stereocenters. The van der Waals surface area contributed by atoms with Crippen molar-refractivity contribution in [1.82, 2.24) is 0 Å². The molecule has 0 aromatic heterocycles. The Kier molecular flexibility index (Phi) is 2.43. The summed E-state index contributed by atoms with van der Waals surface area (Å²) in [5, 5.41) is 10.7. The van der Waals surface area contributed by atoms with Gasteiger partial charge in [-0.15, -0.1) is 0 Å². The van der Waals surface area contributed by atoms with Gasteiger partial charge in [0.15, 0.2) is 5.78 Å². The number of allylic oxidation sites excluding steroid dienone is 1. The van der Waals surface area contributed by atoms with E-state index in [-0.39, 0.29) is 11.5 Å². The molecule has 0 amide bonds. The molecule has 4 fully saturated rings. The molecular formula is C20H28O2. The van der Waals surface area contributed by atoms with E-state index in [0.29, 0.717) is 22.5 Å².